The van der Waals surface area contributed by atoms with E-state index in [0.717, 1.165) is 22.8 Å². The van der Waals surface area contributed by atoms with Gasteiger partial charge in [-0.3, -0.25) is 10.1 Å². The average molecular weight is 463 g/mol. The van der Waals surface area contributed by atoms with Crippen molar-refractivity contribution in [3.63, 3.8) is 0 Å². The molecular weight excluding hydrogens is 451 g/mol. The summed E-state index contributed by atoms with van der Waals surface area (Å²) in [6, 6.07) is 12.0. The molecule has 10 heteroatoms. The van der Waals surface area contributed by atoms with E-state index in [1.54, 1.807) is 30.3 Å². The summed E-state index contributed by atoms with van der Waals surface area (Å²) in [4.78, 5) is 12.5. The minimum Gasteiger partial charge on any atom is -0.451 e. The van der Waals surface area contributed by atoms with Crippen LogP contribution in [0.1, 0.15) is 16.1 Å². The first-order valence-corrected chi connectivity index (χ1v) is 10.2. The van der Waals surface area contributed by atoms with Crippen molar-refractivity contribution in [1.82, 2.24) is 14.1 Å². The largest absolute Gasteiger partial charge is 0.451 e. The number of halogens is 2. The lowest BCUT2D eigenvalue weighted by molar-refractivity contribution is 0.0951. The summed E-state index contributed by atoms with van der Waals surface area (Å²) in [7, 11) is 0. The van der Waals surface area contributed by atoms with Gasteiger partial charge in [-0.15, -0.1) is 0 Å². The average Bonchev–Trinajstić information content (AvgIpc) is 3.35. The summed E-state index contributed by atoms with van der Waals surface area (Å²) >= 11 is 18.6. The van der Waals surface area contributed by atoms with Crippen LogP contribution in [-0.2, 0) is 0 Å². The highest BCUT2D eigenvalue weighted by atomic mass is 35.5. The molecule has 29 heavy (non-hydrogen) atoms. The Morgan fingerprint density at radius 2 is 1.97 bits per heavy atom. The Morgan fingerprint density at radius 3 is 2.79 bits per heavy atom. The van der Waals surface area contributed by atoms with Crippen molar-refractivity contribution in [1.29, 1.82) is 0 Å². The van der Waals surface area contributed by atoms with E-state index in [1.807, 2.05) is 19.1 Å². The number of rotatable bonds is 3. The van der Waals surface area contributed by atoms with Gasteiger partial charge in [-0.25, -0.2) is 0 Å². The minimum absolute atomic E-state index is 0.0884. The molecule has 0 fully saturated rings. The first-order chi connectivity index (χ1) is 13.9. The summed E-state index contributed by atoms with van der Waals surface area (Å²) < 4.78 is 14.1. The van der Waals surface area contributed by atoms with Gasteiger partial charge in [0.25, 0.3) is 5.91 Å². The Kier molecular flexibility index (Phi) is 5.51. The lowest BCUT2D eigenvalue weighted by atomic mass is 10.1. The SMILES string of the molecule is Cc1ccc2nsnc2c1NC(=S)NC(=O)c1ccc(-c2cc(Cl)ccc2Cl)o1. The van der Waals surface area contributed by atoms with Gasteiger partial charge in [-0.1, -0.05) is 29.3 Å². The van der Waals surface area contributed by atoms with Gasteiger partial charge >= 0.3 is 0 Å². The molecule has 4 aromatic rings. The zero-order chi connectivity index (χ0) is 20.5. The van der Waals surface area contributed by atoms with Gasteiger partial charge in [0.15, 0.2) is 10.9 Å². The third-order valence-electron chi connectivity index (χ3n) is 4.13. The number of fused-ring (bicyclic) bond motifs is 1. The number of benzene rings is 2. The van der Waals surface area contributed by atoms with Gasteiger partial charge in [0.2, 0.25) is 0 Å². The number of hydrogen-bond acceptors (Lipinski definition) is 6. The fourth-order valence-electron chi connectivity index (χ4n) is 2.71. The zero-order valence-electron chi connectivity index (χ0n) is 14.8. The van der Waals surface area contributed by atoms with Crippen LogP contribution in [0.3, 0.4) is 0 Å². The van der Waals surface area contributed by atoms with E-state index in [1.165, 1.54) is 0 Å². The van der Waals surface area contributed by atoms with Crippen LogP contribution in [0.15, 0.2) is 46.9 Å². The summed E-state index contributed by atoms with van der Waals surface area (Å²) in [5.41, 5.74) is 3.68. The molecule has 0 saturated carbocycles. The number of hydrogen-bond donors (Lipinski definition) is 2. The second kappa shape index (κ2) is 8.08. The van der Waals surface area contributed by atoms with Crippen molar-refractivity contribution in [2.24, 2.45) is 0 Å². The van der Waals surface area contributed by atoms with Crippen molar-refractivity contribution in [2.75, 3.05) is 5.32 Å². The second-order valence-corrected chi connectivity index (χ2v) is 7.87. The molecule has 0 bridgehead atoms. The maximum atomic E-state index is 12.5. The Hall–Kier alpha value is -2.52. The van der Waals surface area contributed by atoms with Crippen LogP contribution in [0.5, 0.6) is 0 Å². The van der Waals surface area contributed by atoms with E-state index < -0.39 is 5.91 Å². The molecule has 0 aliphatic rings. The number of aryl methyl sites for hydroxylation is 1. The number of aromatic nitrogens is 2. The molecular formula is C19H12Cl2N4O2S2. The molecule has 0 aliphatic heterocycles. The Labute approximate surface area is 185 Å². The van der Waals surface area contributed by atoms with Crippen LogP contribution >= 0.6 is 47.1 Å². The Bertz CT molecular complexity index is 1250. The topological polar surface area (TPSA) is 80.0 Å². The van der Waals surface area contributed by atoms with Crippen molar-refractivity contribution < 1.29 is 9.21 Å². The van der Waals surface area contributed by atoms with Crippen LogP contribution in [0.2, 0.25) is 10.0 Å². The van der Waals surface area contributed by atoms with Gasteiger partial charge in [-0.2, -0.15) is 8.75 Å². The zero-order valence-corrected chi connectivity index (χ0v) is 18.0. The molecule has 1 amide bonds. The van der Waals surface area contributed by atoms with Crippen molar-refractivity contribution in [3.8, 4) is 11.3 Å². The number of thiocarbonyl (C=S) groups is 1. The number of nitrogens with one attached hydrogen (secondary N) is 2. The molecule has 0 saturated heterocycles. The van der Waals surface area contributed by atoms with Crippen LogP contribution in [-0.4, -0.2) is 19.8 Å². The number of carbonyl (C=O) groups is 1. The van der Waals surface area contributed by atoms with Gasteiger partial charge in [0, 0.05) is 10.6 Å². The molecule has 0 unspecified atom stereocenters. The van der Waals surface area contributed by atoms with Crippen LogP contribution in [0.4, 0.5) is 5.69 Å². The van der Waals surface area contributed by atoms with Crippen LogP contribution in [0, 0.1) is 6.92 Å². The molecule has 0 spiro atoms. The minimum atomic E-state index is -0.492. The normalized spacial score (nSPS) is 10.9. The van der Waals surface area contributed by atoms with Gasteiger partial charge < -0.3 is 9.73 Å². The third kappa shape index (κ3) is 4.11. The monoisotopic (exact) mass is 462 g/mol. The van der Waals surface area contributed by atoms with Gasteiger partial charge in [-0.05, 0) is 61.1 Å². The maximum absolute atomic E-state index is 12.5. The molecule has 0 radical (unpaired) electrons. The number of furan rings is 1. The van der Waals surface area contributed by atoms with E-state index in [4.69, 9.17) is 39.8 Å². The fraction of sp³-hybridized carbons (Fsp3) is 0.0526. The van der Waals surface area contributed by atoms with E-state index in [0.29, 0.717) is 32.6 Å². The number of carbonyl (C=O) groups excluding carboxylic acids is 1. The molecule has 0 atom stereocenters. The van der Waals surface area contributed by atoms with Crippen molar-refractivity contribution >= 4 is 74.9 Å². The standard InChI is InChI=1S/C19H12Cl2N4O2S2/c1-9-2-5-13-17(25-29-24-13)16(9)22-19(28)23-18(26)15-7-6-14(27-15)11-8-10(20)3-4-12(11)21/h2-8H,1H3,(H2,22,23,26,28). The van der Waals surface area contributed by atoms with E-state index in [-0.39, 0.29) is 10.9 Å². The summed E-state index contributed by atoms with van der Waals surface area (Å²) in [5, 5.41) is 6.72. The highest BCUT2D eigenvalue weighted by Crippen LogP contribution is 2.32. The number of nitrogens with zero attached hydrogens (tertiary/aromatic N) is 2. The molecule has 2 N–H and O–H groups in total. The lowest BCUT2D eigenvalue weighted by Gasteiger charge is -2.11. The summed E-state index contributed by atoms with van der Waals surface area (Å²) in [6.07, 6.45) is 0. The highest BCUT2D eigenvalue weighted by molar-refractivity contribution is 7.80. The smallest absolute Gasteiger partial charge is 0.293 e. The molecule has 2 aromatic heterocycles. The van der Waals surface area contributed by atoms with E-state index in [2.05, 4.69) is 19.4 Å². The molecule has 2 aromatic carbocycles. The van der Waals surface area contributed by atoms with Gasteiger partial charge in [0.05, 0.1) is 22.4 Å². The van der Waals surface area contributed by atoms with Crippen LogP contribution in [0.25, 0.3) is 22.4 Å². The van der Waals surface area contributed by atoms with E-state index >= 15 is 0 Å². The number of anilines is 1. The predicted octanol–water partition coefficient (Wildman–Crippen LogP) is 5.69. The predicted molar refractivity (Wildman–Crippen MR) is 120 cm³/mol. The van der Waals surface area contributed by atoms with Crippen molar-refractivity contribution in [3.05, 3.63) is 63.8 Å². The van der Waals surface area contributed by atoms with Gasteiger partial charge in [0.1, 0.15) is 16.8 Å². The number of amides is 1. The quantitative estimate of drug-likeness (QED) is 0.380. The third-order valence-corrected chi connectivity index (χ3v) is 5.44. The summed E-state index contributed by atoms with van der Waals surface area (Å²) in [6.45, 7) is 1.92. The molecule has 6 nitrogen and oxygen atoms in total. The Balaban J connectivity index is 1.50. The summed E-state index contributed by atoms with van der Waals surface area (Å²) in [5.74, 6) is 0.0225. The molecule has 0 aliphatic carbocycles. The highest BCUT2D eigenvalue weighted by Gasteiger charge is 2.17. The molecule has 4 rings (SSSR count). The molecule has 146 valence electrons. The van der Waals surface area contributed by atoms with Crippen molar-refractivity contribution in [2.45, 2.75) is 6.92 Å². The van der Waals surface area contributed by atoms with E-state index in [9.17, 15) is 4.79 Å². The fourth-order valence-corrected chi connectivity index (χ4v) is 3.83. The first-order valence-electron chi connectivity index (χ1n) is 8.32. The van der Waals surface area contributed by atoms with Crippen LogP contribution < -0.4 is 10.6 Å². The molecule has 2 heterocycles. The second-order valence-electron chi connectivity index (χ2n) is 6.09. The lowest BCUT2D eigenvalue weighted by Crippen LogP contribution is -2.34. The maximum Gasteiger partial charge on any atom is 0.293 e. The first kappa shape index (κ1) is 19.8. The Morgan fingerprint density at radius 1 is 1.14 bits per heavy atom.